The Labute approximate surface area is 128 Å². The van der Waals surface area contributed by atoms with Crippen molar-refractivity contribution >= 4 is 16.9 Å². The predicted molar refractivity (Wildman–Crippen MR) is 87.5 cm³/mol. The van der Waals surface area contributed by atoms with Crippen LogP contribution in [-0.4, -0.2) is 10.1 Å². The molecule has 0 bridgehead atoms. The van der Waals surface area contributed by atoms with Crippen LogP contribution in [0.2, 0.25) is 0 Å². The minimum absolute atomic E-state index is 0.493. The molecule has 0 aliphatic carbocycles. The maximum absolute atomic E-state index is 5.04. The Kier molecular flexibility index (Phi) is 2.93. The summed E-state index contributed by atoms with van der Waals surface area (Å²) in [5, 5.41) is 3.00. The number of benzene rings is 2. The smallest absolute Gasteiger partial charge is 0.173 e. The maximum Gasteiger partial charge on any atom is 0.173 e. The summed E-state index contributed by atoms with van der Waals surface area (Å²) in [5.41, 5.74) is 1.82. The standard InChI is InChI=1S/C18H13N2S/c1-3-7-15(8-4-1)18(16-9-5-2-6-10-16)11-12-20-13-14-21-17(20)19-18/h1-11,13-14H. The van der Waals surface area contributed by atoms with Crippen LogP contribution in [0.15, 0.2) is 83.3 Å². The number of hydrogen-bond acceptors (Lipinski definition) is 3. The maximum atomic E-state index is 5.04. The minimum atomic E-state index is -0.493. The van der Waals surface area contributed by atoms with Crippen molar-refractivity contribution in [1.29, 1.82) is 0 Å². The van der Waals surface area contributed by atoms with Gasteiger partial charge in [0, 0.05) is 6.20 Å². The fourth-order valence-electron chi connectivity index (χ4n) is 2.64. The Morgan fingerprint density at radius 3 is 2.14 bits per heavy atom. The molecule has 2 nitrogen and oxygen atoms in total. The van der Waals surface area contributed by atoms with E-state index in [4.69, 9.17) is 4.99 Å². The van der Waals surface area contributed by atoms with Gasteiger partial charge in [-0.1, -0.05) is 72.4 Å². The lowest BCUT2D eigenvalue weighted by Crippen LogP contribution is -2.31. The first-order chi connectivity index (χ1) is 10.4. The molecule has 2 aliphatic rings. The quantitative estimate of drug-likeness (QED) is 0.826. The lowest BCUT2D eigenvalue weighted by molar-refractivity contribution is 0.605. The molecule has 0 saturated carbocycles. The van der Waals surface area contributed by atoms with Gasteiger partial charge in [-0.25, -0.2) is 4.99 Å². The first-order valence-corrected chi connectivity index (χ1v) is 7.70. The van der Waals surface area contributed by atoms with Gasteiger partial charge in [0.05, 0.1) is 6.20 Å². The molecule has 4 rings (SSSR count). The molecule has 0 amide bonds. The van der Waals surface area contributed by atoms with Crippen molar-refractivity contribution in [2.45, 2.75) is 5.54 Å². The zero-order valence-electron chi connectivity index (χ0n) is 11.3. The third-order valence-electron chi connectivity index (χ3n) is 3.70. The van der Waals surface area contributed by atoms with Crippen molar-refractivity contribution in [3.05, 3.63) is 95.7 Å². The average molecular weight is 289 g/mol. The summed E-state index contributed by atoms with van der Waals surface area (Å²) in [7, 11) is 0. The first kappa shape index (κ1) is 12.5. The lowest BCUT2D eigenvalue weighted by atomic mass is 9.83. The normalized spacial score (nSPS) is 18.5. The van der Waals surface area contributed by atoms with Crippen LogP contribution in [0.4, 0.5) is 0 Å². The highest BCUT2D eigenvalue weighted by Gasteiger charge is 2.36. The van der Waals surface area contributed by atoms with Gasteiger partial charge in [-0.15, -0.1) is 0 Å². The van der Waals surface area contributed by atoms with Gasteiger partial charge < -0.3 is 0 Å². The van der Waals surface area contributed by atoms with E-state index in [9.17, 15) is 0 Å². The van der Waals surface area contributed by atoms with Crippen LogP contribution in [0, 0.1) is 6.20 Å². The van der Waals surface area contributed by atoms with E-state index in [1.165, 1.54) is 0 Å². The third-order valence-corrected chi connectivity index (χ3v) is 4.46. The monoisotopic (exact) mass is 289 g/mol. The highest BCUT2D eigenvalue weighted by Crippen LogP contribution is 2.40. The van der Waals surface area contributed by atoms with Gasteiger partial charge in [0.1, 0.15) is 5.54 Å². The summed E-state index contributed by atoms with van der Waals surface area (Å²) >= 11 is 1.63. The molecule has 101 valence electrons. The first-order valence-electron chi connectivity index (χ1n) is 6.82. The summed E-state index contributed by atoms with van der Waals surface area (Å²) in [6, 6.07) is 20.8. The van der Waals surface area contributed by atoms with Crippen LogP contribution in [-0.2, 0) is 5.54 Å². The van der Waals surface area contributed by atoms with E-state index < -0.39 is 5.54 Å². The number of thioether (sulfide) groups is 1. The molecule has 0 unspecified atom stereocenters. The SMILES string of the molecule is [C]1=CC(c2ccccc2)(c2ccccc2)N=C2SC=CN12. The van der Waals surface area contributed by atoms with Gasteiger partial charge in [-0.3, -0.25) is 4.90 Å². The van der Waals surface area contributed by atoms with Crippen molar-refractivity contribution in [1.82, 2.24) is 4.90 Å². The molecule has 0 N–H and O–H groups in total. The number of amidine groups is 1. The Morgan fingerprint density at radius 2 is 1.52 bits per heavy atom. The highest BCUT2D eigenvalue weighted by atomic mass is 32.2. The van der Waals surface area contributed by atoms with E-state index >= 15 is 0 Å². The zero-order chi connectivity index (χ0) is 14.1. The molecule has 1 radical (unpaired) electrons. The van der Waals surface area contributed by atoms with Crippen LogP contribution in [0.1, 0.15) is 11.1 Å². The predicted octanol–water partition coefficient (Wildman–Crippen LogP) is 4.14. The highest BCUT2D eigenvalue weighted by molar-refractivity contribution is 8.16. The van der Waals surface area contributed by atoms with E-state index in [0.29, 0.717) is 0 Å². The molecule has 2 aliphatic heterocycles. The summed E-state index contributed by atoms with van der Waals surface area (Å²) in [6.45, 7) is 0. The molecular formula is C18H13N2S. The van der Waals surface area contributed by atoms with Crippen molar-refractivity contribution in [2.24, 2.45) is 4.99 Å². The van der Waals surface area contributed by atoms with Crippen LogP contribution >= 0.6 is 11.8 Å². The fourth-order valence-corrected chi connectivity index (χ4v) is 3.37. The fraction of sp³-hybridized carbons (Fsp3) is 0.0556. The molecule has 3 heteroatoms. The van der Waals surface area contributed by atoms with Crippen molar-refractivity contribution in [2.75, 3.05) is 0 Å². The second-order valence-electron chi connectivity index (χ2n) is 4.94. The van der Waals surface area contributed by atoms with Gasteiger partial charge in [-0.2, -0.15) is 0 Å². The molecule has 2 aromatic rings. The second-order valence-corrected chi connectivity index (χ2v) is 5.81. The van der Waals surface area contributed by atoms with Crippen molar-refractivity contribution in [3.63, 3.8) is 0 Å². The van der Waals surface area contributed by atoms with E-state index in [1.807, 2.05) is 28.6 Å². The number of hydrogen-bond donors (Lipinski definition) is 0. The molecule has 0 aromatic heterocycles. The molecular weight excluding hydrogens is 276 g/mol. The molecule has 0 fully saturated rings. The van der Waals surface area contributed by atoms with Gasteiger partial charge in [0.25, 0.3) is 0 Å². The van der Waals surface area contributed by atoms with Gasteiger partial charge >= 0.3 is 0 Å². The summed E-state index contributed by atoms with van der Waals surface area (Å²) in [4.78, 5) is 6.98. The van der Waals surface area contributed by atoms with Crippen molar-refractivity contribution in [3.8, 4) is 0 Å². The largest absolute Gasteiger partial charge is 0.294 e. The molecule has 0 spiro atoms. The Balaban J connectivity index is 1.93. The minimum Gasteiger partial charge on any atom is -0.294 e. The van der Waals surface area contributed by atoms with Crippen LogP contribution < -0.4 is 0 Å². The zero-order valence-corrected chi connectivity index (χ0v) is 12.1. The second kappa shape index (κ2) is 4.93. The Hall–Kier alpha value is -2.26. The van der Waals surface area contributed by atoms with E-state index in [2.05, 4.69) is 60.8 Å². The van der Waals surface area contributed by atoms with E-state index in [1.54, 1.807) is 11.8 Å². The van der Waals surface area contributed by atoms with E-state index in [0.717, 1.165) is 16.3 Å². The Bertz CT molecular complexity index is 693. The lowest BCUT2D eigenvalue weighted by Gasteiger charge is -2.32. The number of nitrogens with zero attached hydrogens (tertiary/aromatic N) is 2. The van der Waals surface area contributed by atoms with Gasteiger partial charge in [0.15, 0.2) is 5.17 Å². The van der Waals surface area contributed by atoms with Gasteiger partial charge in [0.2, 0.25) is 0 Å². The van der Waals surface area contributed by atoms with Crippen LogP contribution in [0.25, 0.3) is 0 Å². The summed E-state index contributed by atoms with van der Waals surface area (Å²) in [5.74, 6) is 0. The molecule has 2 aromatic carbocycles. The van der Waals surface area contributed by atoms with Crippen molar-refractivity contribution < 1.29 is 0 Å². The topological polar surface area (TPSA) is 15.6 Å². The summed E-state index contributed by atoms with van der Waals surface area (Å²) in [6.07, 6.45) is 7.38. The number of rotatable bonds is 2. The van der Waals surface area contributed by atoms with Crippen LogP contribution in [0.3, 0.4) is 0 Å². The van der Waals surface area contributed by atoms with Crippen LogP contribution in [0.5, 0.6) is 0 Å². The third kappa shape index (κ3) is 2.01. The number of fused-ring (bicyclic) bond motifs is 1. The molecule has 0 atom stereocenters. The van der Waals surface area contributed by atoms with Gasteiger partial charge in [-0.05, 0) is 22.6 Å². The van der Waals surface area contributed by atoms with E-state index in [-0.39, 0.29) is 0 Å². The molecule has 21 heavy (non-hydrogen) atoms. The number of aliphatic imine (C=N–C) groups is 1. The molecule has 0 saturated heterocycles. The Morgan fingerprint density at radius 1 is 0.905 bits per heavy atom. The average Bonchev–Trinajstić information content (AvgIpc) is 3.03. The molecule has 2 heterocycles. The summed E-state index contributed by atoms with van der Waals surface area (Å²) < 4.78 is 0.